The van der Waals surface area contributed by atoms with E-state index >= 15 is 0 Å². The second-order valence-electron chi connectivity index (χ2n) is 3.98. The average molecular weight is 259 g/mol. The van der Waals surface area contributed by atoms with Gasteiger partial charge in [0.1, 0.15) is 5.75 Å². The van der Waals surface area contributed by atoms with Crippen LogP contribution in [0.25, 0.3) is 0 Å². The van der Waals surface area contributed by atoms with E-state index in [1.54, 1.807) is 18.2 Å². The second kappa shape index (κ2) is 5.07. The van der Waals surface area contributed by atoms with Gasteiger partial charge in [0.2, 0.25) is 5.88 Å². The van der Waals surface area contributed by atoms with Crippen molar-refractivity contribution in [1.82, 2.24) is 4.98 Å². The summed E-state index contributed by atoms with van der Waals surface area (Å²) in [6.07, 6.45) is 0. The lowest BCUT2D eigenvalue weighted by molar-refractivity contribution is 0.461. The van der Waals surface area contributed by atoms with E-state index in [-0.39, 0.29) is 0 Å². The van der Waals surface area contributed by atoms with Crippen molar-refractivity contribution in [3.63, 3.8) is 0 Å². The number of rotatable bonds is 2. The van der Waals surface area contributed by atoms with Crippen LogP contribution in [0.3, 0.4) is 0 Å². The van der Waals surface area contributed by atoms with Crippen LogP contribution in [-0.4, -0.2) is 4.98 Å². The zero-order chi connectivity index (χ0) is 13.1. The Morgan fingerprint density at radius 1 is 1.22 bits per heavy atom. The number of hydrogen-bond donors (Lipinski definition) is 0. The van der Waals surface area contributed by atoms with Crippen molar-refractivity contribution in [3.8, 4) is 17.7 Å². The van der Waals surface area contributed by atoms with Crippen LogP contribution in [0.1, 0.15) is 16.8 Å². The number of aryl methyl sites for hydroxylation is 2. The Morgan fingerprint density at radius 3 is 2.72 bits per heavy atom. The highest BCUT2D eigenvalue weighted by molar-refractivity contribution is 6.32. The number of nitrogens with zero attached hydrogens (tertiary/aromatic N) is 2. The summed E-state index contributed by atoms with van der Waals surface area (Å²) < 4.78 is 5.62. The van der Waals surface area contributed by atoms with Crippen molar-refractivity contribution < 1.29 is 4.74 Å². The molecule has 0 fully saturated rings. The maximum atomic E-state index is 8.89. The molecule has 0 atom stereocenters. The molecule has 0 N–H and O–H groups in total. The van der Waals surface area contributed by atoms with Gasteiger partial charge in [-0.1, -0.05) is 17.7 Å². The third kappa shape index (κ3) is 2.79. The number of benzene rings is 1. The van der Waals surface area contributed by atoms with Crippen molar-refractivity contribution in [2.45, 2.75) is 13.8 Å². The van der Waals surface area contributed by atoms with Gasteiger partial charge >= 0.3 is 0 Å². The first-order valence-corrected chi connectivity index (χ1v) is 5.79. The van der Waals surface area contributed by atoms with E-state index in [1.165, 1.54) is 0 Å². The van der Waals surface area contributed by atoms with Gasteiger partial charge < -0.3 is 4.74 Å². The minimum absolute atomic E-state index is 0.374. The Hall–Kier alpha value is -2.05. The van der Waals surface area contributed by atoms with Gasteiger partial charge in [-0.05, 0) is 37.6 Å². The predicted molar refractivity (Wildman–Crippen MR) is 70.0 cm³/mol. The average Bonchev–Trinajstić information content (AvgIpc) is 2.33. The summed E-state index contributed by atoms with van der Waals surface area (Å²) in [4.78, 5) is 4.22. The molecule has 2 rings (SSSR count). The minimum atomic E-state index is 0.374. The Bertz CT molecular complexity index is 632. The zero-order valence-corrected chi connectivity index (χ0v) is 10.8. The van der Waals surface area contributed by atoms with Gasteiger partial charge in [-0.2, -0.15) is 5.26 Å². The molecule has 18 heavy (non-hydrogen) atoms. The van der Waals surface area contributed by atoms with Gasteiger partial charge in [0, 0.05) is 11.8 Å². The summed E-state index contributed by atoms with van der Waals surface area (Å²) in [6, 6.07) is 10.9. The van der Waals surface area contributed by atoms with E-state index in [0.717, 1.165) is 11.3 Å². The van der Waals surface area contributed by atoms with Crippen LogP contribution in [0.5, 0.6) is 11.6 Å². The van der Waals surface area contributed by atoms with Crippen LogP contribution >= 0.6 is 11.6 Å². The molecule has 3 nitrogen and oxygen atoms in total. The molecule has 1 aromatic heterocycles. The standard InChI is InChI=1S/C14H11ClN2O/c1-9-3-4-12(15)13(5-9)18-14-7-11(8-16)6-10(2)17-14/h3-7H,1-2H3. The molecule has 4 heteroatoms. The number of aromatic nitrogens is 1. The Morgan fingerprint density at radius 2 is 2.00 bits per heavy atom. The van der Waals surface area contributed by atoms with E-state index in [9.17, 15) is 0 Å². The number of ether oxygens (including phenoxy) is 1. The van der Waals surface area contributed by atoms with Crippen LogP contribution < -0.4 is 4.74 Å². The molecule has 0 saturated heterocycles. The Kier molecular flexibility index (Phi) is 3.50. The lowest BCUT2D eigenvalue weighted by atomic mass is 10.2. The van der Waals surface area contributed by atoms with Crippen molar-refractivity contribution in [2.24, 2.45) is 0 Å². The van der Waals surface area contributed by atoms with Gasteiger partial charge in [0.25, 0.3) is 0 Å². The molecule has 2 aromatic rings. The molecule has 1 aromatic carbocycles. The molecule has 0 aliphatic heterocycles. The van der Waals surface area contributed by atoms with Crippen LogP contribution in [0.4, 0.5) is 0 Å². The summed E-state index contributed by atoms with van der Waals surface area (Å²) in [5.74, 6) is 0.915. The van der Waals surface area contributed by atoms with Crippen LogP contribution in [0.15, 0.2) is 30.3 Å². The summed E-state index contributed by atoms with van der Waals surface area (Å²) >= 11 is 6.04. The second-order valence-corrected chi connectivity index (χ2v) is 4.39. The predicted octanol–water partition coefficient (Wildman–Crippen LogP) is 4.02. The van der Waals surface area contributed by atoms with Crippen LogP contribution in [0, 0.1) is 25.2 Å². The molecule has 0 spiro atoms. The lowest BCUT2D eigenvalue weighted by Crippen LogP contribution is -1.92. The van der Waals surface area contributed by atoms with E-state index < -0.39 is 0 Å². The van der Waals surface area contributed by atoms with Crippen molar-refractivity contribution in [2.75, 3.05) is 0 Å². The third-order valence-electron chi connectivity index (χ3n) is 2.36. The fourth-order valence-corrected chi connectivity index (χ4v) is 1.71. The highest BCUT2D eigenvalue weighted by atomic mass is 35.5. The SMILES string of the molecule is Cc1ccc(Cl)c(Oc2cc(C#N)cc(C)n2)c1. The molecule has 0 bridgehead atoms. The van der Waals surface area contributed by atoms with Gasteiger partial charge in [-0.3, -0.25) is 0 Å². The van der Waals surface area contributed by atoms with Gasteiger partial charge in [-0.15, -0.1) is 0 Å². The quantitative estimate of drug-likeness (QED) is 0.817. The molecular formula is C14H11ClN2O. The lowest BCUT2D eigenvalue weighted by Gasteiger charge is -2.08. The van der Waals surface area contributed by atoms with Gasteiger partial charge in [0.15, 0.2) is 0 Å². The normalized spacial score (nSPS) is 9.89. The number of hydrogen-bond acceptors (Lipinski definition) is 3. The zero-order valence-electron chi connectivity index (χ0n) is 10.1. The summed E-state index contributed by atoms with van der Waals surface area (Å²) in [6.45, 7) is 3.76. The molecule has 0 aliphatic rings. The number of pyridine rings is 1. The largest absolute Gasteiger partial charge is 0.437 e. The Labute approximate surface area is 111 Å². The highest BCUT2D eigenvalue weighted by Crippen LogP contribution is 2.29. The maximum absolute atomic E-state index is 8.89. The minimum Gasteiger partial charge on any atom is -0.437 e. The summed E-state index contributed by atoms with van der Waals surface area (Å²) in [5, 5.41) is 9.41. The first kappa shape index (κ1) is 12.4. The fourth-order valence-electron chi connectivity index (χ4n) is 1.56. The van der Waals surface area contributed by atoms with E-state index in [2.05, 4.69) is 11.1 Å². The summed E-state index contributed by atoms with van der Waals surface area (Å²) in [5.41, 5.74) is 2.29. The molecule has 0 radical (unpaired) electrons. The molecule has 0 unspecified atom stereocenters. The van der Waals surface area contributed by atoms with Crippen molar-refractivity contribution in [3.05, 3.63) is 52.2 Å². The van der Waals surface area contributed by atoms with E-state index in [1.807, 2.05) is 26.0 Å². The van der Waals surface area contributed by atoms with Crippen LogP contribution in [0.2, 0.25) is 5.02 Å². The topological polar surface area (TPSA) is 45.9 Å². The number of nitriles is 1. The fraction of sp³-hybridized carbons (Fsp3) is 0.143. The summed E-state index contributed by atoms with van der Waals surface area (Å²) in [7, 11) is 0. The van der Waals surface area contributed by atoms with Gasteiger partial charge in [0.05, 0.1) is 16.7 Å². The van der Waals surface area contributed by atoms with Crippen molar-refractivity contribution in [1.29, 1.82) is 5.26 Å². The van der Waals surface area contributed by atoms with Crippen molar-refractivity contribution >= 4 is 11.6 Å². The monoisotopic (exact) mass is 258 g/mol. The maximum Gasteiger partial charge on any atom is 0.220 e. The van der Waals surface area contributed by atoms with Gasteiger partial charge in [-0.25, -0.2) is 4.98 Å². The van der Waals surface area contributed by atoms with E-state index in [0.29, 0.717) is 22.2 Å². The molecular weight excluding hydrogens is 248 g/mol. The first-order valence-electron chi connectivity index (χ1n) is 5.41. The molecule has 1 heterocycles. The number of halogens is 1. The Balaban J connectivity index is 2.37. The van der Waals surface area contributed by atoms with Crippen LogP contribution in [-0.2, 0) is 0 Å². The molecule has 0 saturated carbocycles. The molecule has 90 valence electrons. The molecule has 0 amide bonds. The smallest absolute Gasteiger partial charge is 0.220 e. The highest BCUT2D eigenvalue weighted by Gasteiger charge is 2.06. The third-order valence-corrected chi connectivity index (χ3v) is 2.67. The van der Waals surface area contributed by atoms with E-state index in [4.69, 9.17) is 21.6 Å². The first-order chi connectivity index (χ1) is 8.58. The molecule has 0 aliphatic carbocycles.